The summed E-state index contributed by atoms with van der Waals surface area (Å²) in [6.45, 7) is 3.49. The van der Waals surface area contributed by atoms with Gasteiger partial charge in [-0.2, -0.15) is 0 Å². The molecule has 12 N–H and O–H groups in total. The second kappa shape index (κ2) is 21.5. The number of aliphatic hydroxyl groups is 1. The van der Waals surface area contributed by atoms with Crippen LogP contribution in [0, 0.1) is 11.8 Å². The van der Waals surface area contributed by atoms with Gasteiger partial charge >= 0.3 is 27.4 Å². The molecule has 54 heavy (non-hydrogen) atoms. The Morgan fingerprint density at radius 2 is 1.43 bits per heavy atom. The summed E-state index contributed by atoms with van der Waals surface area (Å²) in [5, 5.41) is 14.0. The van der Waals surface area contributed by atoms with E-state index in [2.05, 4.69) is 20.9 Å². The molecule has 2 rings (SSSR count). The minimum Gasteiger partial charge on any atom is -0.445 e. The maximum Gasteiger partial charge on any atom is 0.408 e. The molecule has 0 fully saturated rings. The van der Waals surface area contributed by atoms with E-state index < -0.39 is 63.2 Å². The average Bonchev–Trinajstić information content (AvgIpc) is 3.08. The number of alkyl carbamates (subject to hydrolysis) is 2. The summed E-state index contributed by atoms with van der Waals surface area (Å²) in [6.07, 6.45) is -2.35. The molecule has 3 amide bonds. The van der Waals surface area contributed by atoms with Crippen molar-refractivity contribution in [3.8, 4) is 0 Å². The quantitative estimate of drug-likeness (QED) is 0.0354. The predicted octanol–water partition coefficient (Wildman–Crippen LogP) is 2.60. The SMILES string of the molecule is CC(C)C[C@H](NC(=O)OCc1ccccc1)C(=O)C[C@@H](CCCN=C(N)N)C(=O)Nc1ccc(COC(=O)NCCCC(O)(P(=O)(O)O)P(=O)(O)O)cc1. The molecule has 2 aromatic carbocycles. The number of amides is 3. The third-order valence-electron chi connectivity index (χ3n) is 7.91. The van der Waals surface area contributed by atoms with Gasteiger partial charge in [0, 0.05) is 37.5 Å². The van der Waals surface area contributed by atoms with Crippen LogP contribution in [-0.2, 0) is 41.4 Å². The fourth-order valence-electron chi connectivity index (χ4n) is 5.01. The van der Waals surface area contributed by atoms with Crippen molar-refractivity contribution in [2.24, 2.45) is 28.3 Å². The number of hydrogen-bond donors (Lipinski definition) is 10. The Morgan fingerprint density at radius 1 is 0.852 bits per heavy atom. The van der Waals surface area contributed by atoms with Crippen molar-refractivity contribution in [2.45, 2.75) is 76.7 Å². The third-order valence-corrected chi connectivity index (χ3v) is 11.8. The summed E-state index contributed by atoms with van der Waals surface area (Å²) in [4.78, 5) is 92.4. The van der Waals surface area contributed by atoms with Crippen LogP contribution in [0.3, 0.4) is 0 Å². The number of benzene rings is 2. The summed E-state index contributed by atoms with van der Waals surface area (Å²) in [5.41, 5.74) is 12.5. The lowest BCUT2D eigenvalue weighted by atomic mass is 9.90. The number of nitrogens with one attached hydrogen (secondary N) is 3. The van der Waals surface area contributed by atoms with Crippen LogP contribution in [0.1, 0.15) is 63.5 Å². The zero-order chi connectivity index (χ0) is 40.5. The monoisotopic (exact) mass is 800 g/mol. The van der Waals surface area contributed by atoms with Crippen LogP contribution in [0.25, 0.3) is 0 Å². The highest BCUT2D eigenvalue weighted by Crippen LogP contribution is 2.69. The molecular weight excluding hydrogens is 750 g/mol. The number of hydrogen-bond acceptors (Lipinski definition) is 10. The van der Waals surface area contributed by atoms with Crippen LogP contribution in [0.4, 0.5) is 15.3 Å². The van der Waals surface area contributed by atoms with Crippen LogP contribution < -0.4 is 27.4 Å². The van der Waals surface area contributed by atoms with Crippen LogP contribution in [0.2, 0.25) is 0 Å². The Kier molecular flexibility index (Phi) is 18.3. The summed E-state index contributed by atoms with van der Waals surface area (Å²) in [5.74, 6) is -1.70. The minimum absolute atomic E-state index is 0.0169. The van der Waals surface area contributed by atoms with Crippen LogP contribution in [-0.4, -0.2) is 78.7 Å². The number of rotatable bonds is 22. The van der Waals surface area contributed by atoms with Gasteiger partial charge in [0.05, 0.1) is 6.04 Å². The molecule has 0 bridgehead atoms. The van der Waals surface area contributed by atoms with Crippen molar-refractivity contribution < 1.29 is 62.5 Å². The first-order valence-corrected chi connectivity index (χ1v) is 20.1. The lowest BCUT2D eigenvalue weighted by Crippen LogP contribution is -2.43. The molecule has 0 aliphatic carbocycles. The Balaban J connectivity index is 1.99. The molecule has 0 unspecified atom stereocenters. The number of aliphatic imine (C=N–C) groups is 1. The van der Waals surface area contributed by atoms with E-state index in [1.807, 2.05) is 32.0 Å². The molecule has 0 spiro atoms. The van der Waals surface area contributed by atoms with E-state index in [4.69, 9.17) is 20.9 Å². The normalized spacial score (nSPS) is 13.0. The first-order valence-electron chi connectivity index (χ1n) is 16.9. The highest BCUT2D eigenvalue weighted by Gasteiger charge is 2.58. The van der Waals surface area contributed by atoms with Gasteiger partial charge in [0.25, 0.3) is 5.08 Å². The number of Topliss-reactive ketones (excluding diaryl/α,β-unsaturated/α-hetero) is 1. The Morgan fingerprint density at radius 3 is 1.98 bits per heavy atom. The van der Waals surface area contributed by atoms with Crippen molar-refractivity contribution in [1.29, 1.82) is 0 Å². The lowest BCUT2D eigenvalue weighted by Gasteiger charge is -2.29. The zero-order valence-corrected chi connectivity index (χ0v) is 31.8. The highest BCUT2D eigenvalue weighted by atomic mass is 31.2. The second-order valence-corrected chi connectivity index (χ2v) is 16.9. The summed E-state index contributed by atoms with van der Waals surface area (Å²) < 4.78 is 33.3. The van der Waals surface area contributed by atoms with Crippen molar-refractivity contribution in [1.82, 2.24) is 10.6 Å². The van der Waals surface area contributed by atoms with E-state index in [1.54, 1.807) is 36.4 Å². The van der Waals surface area contributed by atoms with Gasteiger partial charge in [-0.3, -0.25) is 23.7 Å². The fourth-order valence-corrected chi connectivity index (χ4v) is 7.27. The fraction of sp³-hybridized carbons (Fsp3) is 0.485. The van der Waals surface area contributed by atoms with Gasteiger partial charge in [0.2, 0.25) is 5.91 Å². The predicted molar refractivity (Wildman–Crippen MR) is 198 cm³/mol. The van der Waals surface area contributed by atoms with Gasteiger partial charge < -0.3 is 61.6 Å². The van der Waals surface area contributed by atoms with Gasteiger partial charge in [-0.1, -0.05) is 56.3 Å². The molecule has 0 heterocycles. The maximum absolute atomic E-state index is 13.5. The van der Waals surface area contributed by atoms with Crippen LogP contribution >= 0.6 is 15.2 Å². The molecule has 2 atom stereocenters. The molecule has 0 aromatic heterocycles. The molecule has 19 nitrogen and oxygen atoms in total. The largest absolute Gasteiger partial charge is 0.445 e. The minimum atomic E-state index is -5.61. The number of ketones is 1. The first-order chi connectivity index (χ1) is 25.2. The third kappa shape index (κ3) is 15.9. The van der Waals surface area contributed by atoms with Gasteiger partial charge in [0.15, 0.2) is 11.7 Å². The molecule has 0 radical (unpaired) electrons. The number of carbonyl (C=O) groups is 4. The summed E-state index contributed by atoms with van der Waals surface area (Å²) >= 11 is 0. The van der Waals surface area contributed by atoms with E-state index in [9.17, 15) is 53.0 Å². The molecule has 0 aliphatic heterocycles. The molecule has 0 aliphatic rings. The van der Waals surface area contributed by atoms with E-state index in [0.29, 0.717) is 24.1 Å². The molecule has 21 heteroatoms. The van der Waals surface area contributed by atoms with Gasteiger partial charge in [0.1, 0.15) is 13.2 Å². The number of ether oxygens (including phenoxy) is 2. The van der Waals surface area contributed by atoms with Crippen LogP contribution in [0.15, 0.2) is 59.6 Å². The maximum atomic E-state index is 13.5. The Labute approximate surface area is 312 Å². The zero-order valence-electron chi connectivity index (χ0n) is 30.0. The van der Waals surface area contributed by atoms with Gasteiger partial charge in [-0.25, -0.2) is 9.59 Å². The van der Waals surface area contributed by atoms with Crippen molar-refractivity contribution >= 4 is 50.7 Å². The molecule has 0 saturated carbocycles. The van der Waals surface area contributed by atoms with Gasteiger partial charge in [-0.05, 0) is 54.9 Å². The lowest BCUT2D eigenvalue weighted by molar-refractivity contribution is -0.127. The highest BCUT2D eigenvalue weighted by molar-refractivity contribution is 7.72. The molecule has 0 saturated heterocycles. The van der Waals surface area contributed by atoms with E-state index in [0.717, 1.165) is 5.56 Å². The van der Waals surface area contributed by atoms with Crippen molar-refractivity contribution in [3.63, 3.8) is 0 Å². The molecular formula is C33H50N6O13P2. The Bertz CT molecular complexity index is 1640. The van der Waals surface area contributed by atoms with Crippen molar-refractivity contribution in [2.75, 3.05) is 18.4 Å². The van der Waals surface area contributed by atoms with Crippen LogP contribution in [0.5, 0.6) is 0 Å². The smallest absolute Gasteiger partial charge is 0.408 e. The van der Waals surface area contributed by atoms with E-state index in [-0.39, 0.29) is 56.8 Å². The average molecular weight is 801 g/mol. The number of carbonyl (C=O) groups excluding carboxylic acids is 4. The second-order valence-electron chi connectivity index (χ2n) is 12.9. The topological polar surface area (TPSA) is 323 Å². The summed E-state index contributed by atoms with van der Waals surface area (Å²) in [6, 6.07) is 14.4. The number of anilines is 1. The number of nitrogens with zero attached hydrogens (tertiary/aromatic N) is 1. The molecule has 300 valence electrons. The summed E-state index contributed by atoms with van der Waals surface area (Å²) in [7, 11) is -11.2. The number of nitrogens with two attached hydrogens (primary N) is 2. The van der Waals surface area contributed by atoms with E-state index in [1.165, 1.54) is 0 Å². The van der Waals surface area contributed by atoms with E-state index >= 15 is 0 Å². The Hall–Kier alpha value is -4.35. The first kappa shape index (κ1) is 45.8. The molecule has 2 aromatic rings. The van der Waals surface area contributed by atoms with Crippen molar-refractivity contribution in [3.05, 3.63) is 65.7 Å². The standard InChI is InChI=1S/C33H50N6O13P2/c1-22(2)18-27(39-32(43)52-20-23-8-4-3-5-9-23)28(40)19-25(10-6-16-36-30(34)35)29(41)38-26-13-11-24(12-14-26)21-51-31(42)37-17-7-15-33(44,53(45,46)47)54(48,49)50/h3-5,8-9,11-14,22,25,27,44H,6-7,10,15-21H2,1-2H3,(H,37,42)(H,38,41)(H,39,43)(H4,34,35,36)(H2,45,46,47)(H2,48,49,50)/t25-,27+/m1/s1. The number of guanidine groups is 1. The van der Waals surface area contributed by atoms with Gasteiger partial charge in [-0.15, -0.1) is 0 Å².